The summed E-state index contributed by atoms with van der Waals surface area (Å²) < 4.78 is 27.4. The van der Waals surface area contributed by atoms with E-state index in [-0.39, 0.29) is 4.90 Å². The molecule has 26 heavy (non-hydrogen) atoms. The predicted octanol–water partition coefficient (Wildman–Crippen LogP) is 4.55. The second-order valence-electron chi connectivity index (χ2n) is 6.35. The number of anilines is 3. The molecule has 0 radical (unpaired) electrons. The van der Waals surface area contributed by atoms with Gasteiger partial charge in [-0.1, -0.05) is 23.8 Å². The third-order valence-electron chi connectivity index (χ3n) is 3.84. The lowest BCUT2D eigenvalue weighted by Gasteiger charge is -2.10. The van der Waals surface area contributed by atoms with E-state index in [4.69, 9.17) is 0 Å². The maximum atomic E-state index is 12.4. The van der Waals surface area contributed by atoms with Crippen LogP contribution in [0.3, 0.4) is 0 Å². The molecule has 5 nitrogen and oxygen atoms in total. The Bertz CT molecular complexity index is 992. The molecule has 0 aliphatic rings. The Hall–Kier alpha value is -2.86. The average Bonchev–Trinajstić information content (AvgIpc) is 2.56. The number of pyridine rings is 1. The standard InChI is InChI=1S/C20H21N3O2S/c1-14-4-7-19(8-5-14)26(24,25)23-17-6-9-20(21-13-17)22-18-11-15(2)10-16(3)12-18/h4-13,23H,1-3H3,(H,21,22). The van der Waals surface area contributed by atoms with Crippen molar-refractivity contribution in [1.82, 2.24) is 4.98 Å². The summed E-state index contributed by atoms with van der Waals surface area (Å²) in [5.41, 5.74) is 4.69. The summed E-state index contributed by atoms with van der Waals surface area (Å²) in [5.74, 6) is 0.647. The molecule has 2 N–H and O–H groups in total. The van der Waals surface area contributed by atoms with Crippen LogP contribution in [0.25, 0.3) is 0 Å². The summed E-state index contributed by atoms with van der Waals surface area (Å²) in [6, 6.07) is 16.3. The van der Waals surface area contributed by atoms with Gasteiger partial charge in [0.15, 0.2) is 0 Å². The fourth-order valence-corrected chi connectivity index (χ4v) is 3.70. The van der Waals surface area contributed by atoms with Gasteiger partial charge in [0.2, 0.25) is 0 Å². The molecule has 0 bridgehead atoms. The molecule has 1 aromatic heterocycles. The number of hydrogen-bond acceptors (Lipinski definition) is 4. The largest absolute Gasteiger partial charge is 0.340 e. The molecular weight excluding hydrogens is 346 g/mol. The number of aromatic nitrogens is 1. The van der Waals surface area contributed by atoms with Gasteiger partial charge in [0, 0.05) is 5.69 Å². The van der Waals surface area contributed by atoms with Crippen LogP contribution in [-0.2, 0) is 10.0 Å². The Balaban J connectivity index is 1.74. The smallest absolute Gasteiger partial charge is 0.261 e. The van der Waals surface area contributed by atoms with Crippen molar-refractivity contribution in [3.63, 3.8) is 0 Å². The minimum Gasteiger partial charge on any atom is -0.340 e. The lowest BCUT2D eigenvalue weighted by molar-refractivity contribution is 0.601. The van der Waals surface area contributed by atoms with Gasteiger partial charge in [-0.25, -0.2) is 13.4 Å². The highest BCUT2D eigenvalue weighted by atomic mass is 32.2. The third-order valence-corrected chi connectivity index (χ3v) is 5.24. The monoisotopic (exact) mass is 367 g/mol. The highest BCUT2D eigenvalue weighted by Crippen LogP contribution is 2.21. The molecule has 1 heterocycles. The zero-order chi connectivity index (χ0) is 18.7. The summed E-state index contributed by atoms with van der Waals surface area (Å²) in [5, 5.41) is 3.23. The zero-order valence-electron chi connectivity index (χ0n) is 14.9. The normalized spacial score (nSPS) is 11.2. The van der Waals surface area contributed by atoms with Crippen molar-refractivity contribution in [3.05, 3.63) is 77.5 Å². The first kappa shape index (κ1) is 17.9. The highest BCUT2D eigenvalue weighted by molar-refractivity contribution is 7.92. The van der Waals surface area contributed by atoms with E-state index < -0.39 is 10.0 Å². The summed E-state index contributed by atoms with van der Waals surface area (Å²) in [6.45, 7) is 5.98. The Kier molecular flexibility index (Phi) is 4.95. The van der Waals surface area contributed by atoms with Crippen molar-refractivity contribution in [3.8, 4) is 0 Å². The van der Waals surface area contributed by atoms with Crippen LogP contribution in [0.15, 0.2) is 65.7 Å². The van der Waals surface area contributed by atoms with E-state index in [1.165, 1.54) is 6.20 Å². The van der Waals surface area contributed by atoms with Crippen LogP contribution >= 0.6 is 0 Å². The summed E-state index contributed by atoms with van der Waals surface area (Å²) in [4.78, 5) is 4.51. The van der Waals surface area contributed by atoms with Gasteiger partial charge in [0.05, 0.1) is 16.8 Å². The molecule has 134 valence electrons. The van der Waals surface area contributed by atoms with Crippen LogP contribution in [0.1, 0.15) is 16.7 Å². The molecule has 0 aliphatic heterocycles. The molecule has 0 spiro atoms. The number of sulfonamides is 1. The van der Waals surface area contributed by atoms with Gasteiger partial charge in [0.1, 0.15) is 5.82 Å². The minimum absolute atomic E-state index is 0.223. The second kappa shape index (κ2) is 7.17. The van der Waals surface area contributed by atoms with E-state index in [0.717, 1.165) is 22.4 Å². The van der Waals surface area contributed by atoms with Crippen molar-refractivity contribution in [2.75, 3.05) is 10.0 Å². The Labute approximate surface area is 154 Å². The zero-order valence-corrected chi connectivity index (χ0v) is 15.8. The fourth-order valence-electron chi connectivity index (χ4n) is 2.65. The van der Waals surface area contributed by atoms with Crippen molar-refractivity contribution < 1.29 is 8.42 Å². The van der Waals surface area contributed by atoms with E-state index in [0.29, 0.717) is 11.5 Å². The average molecular weight is 367 g/mol. The van der Waals surface area contributed by atoms with Crippen LogP contribution in [0.2, 0.25) is 0 Å². The van der Waals surface area contributed by atoms with Gasteiger partial charge in [-0.15, -0.1) is 0 Å². The van der Waals surface area contributed by atoms with E-state index in [1.807, 2.05) is 32.9 Å². The first-order valence-corrected chi connectivity index (χ1v) is 9.71. The SMILES string of the molecule is Cc1ccc(S(=O)(=O)Nc2ccc(Nc3cc(C)cc(C)c3)nc2)cc1. The molecule has 0 atom stereocenters. The number of nitrogens with zero attached hydrogens (tertiary/aromatic N) is 1. The third kappa shape index (κ3) is 4.40. The highest BCUT2D eigenvalue weighted by Gasteiger charge is 2.14. The topological polar surface area (TPSA) is 71.1 Å². The van der Waals surface area contributed by atoms with Gasteiger partial charge in [-0.2, -0.15) is 0 Å². The Morgan fingerprint density at radius 1 is 0.769 bits per heavy atom. The molecule has 0 unspecified atom stereocenters. The Morgan fingerprint density at radius 2 is 1.42 bits per heavy atom. The van der Waals surface area contributed by atoms with E-state index in [1.54, 1.807) is 36.4 Å². The maximum Gasteiger partial charge on any atom is 0.261 e. The number of hydrogen-bond donors (Lipinski definition) is 2. The maximum absolute atomic E-state index is 12.4. The predicted molar refractivity (Wildman–Crippen MR) is 105 cm³/mol. The van der Waals surface area contributed by atoms with Crippen molar-refractivity contribution in [2.45, 2.75) is 25.7 Å². The van der Waals surface area contributed by atoms with Crippen LogP contribution in [-0.4, -0.2) is 13.4 Å². The van der Waals surface area contributed by atoms with E-state index >= 15 is 0 Å². The summed E-state index contributed by atoms with van der Waals surface area (Å²) in [7, 11) is -3.62. The second-order valence-corrected chi connectivity index (χ2v) is 8.03. The van der Waals surface area contributed by atoms with Crippen molar-refractivity contribution in [1.29, 1.82) is 0 Å². The lowest BCUT2D eigenvalue weighted by atomic mass is 10.1. The molecule has 6 heteroatoms. The summed E-state index contributed by atoms with van der Waals surface area (Å²) >= 11 is 0. The molecule has 3 aromatic rings. The molecule has 0 fully saturated rings. The van der Waals surface area contributed by atoms with Crippen LogP contribution in [0.5, 0.6) is 0 Å². The molecule has 0 saturated heterocycles. The molecule has 0 saturated carbocycles. The van der Waals surface area contributed by atoms with Crippen LogP contribution in [0, 0.1) is 20.8 Å². The fraction of sp³-hybridized carbons (Fsp3) is 0.150. The van der Waals surface area contributed by atoms with Crippen molar-refractivity contribution >= 4 is 27.2 Å². The van der Waals surface area contributed by atoms with E-state index in [2.05, 4.69) is 21.1 Å². The molecule has 0 amide bonds. The minimum atomic E-state index is -3.62. The first-order chi connectivity index (χ1) is 12.3. The van der Waals surface area contributed by atoms with Gasteiger partial charge in [-0.05, 0) is 68.3 Å². The first-order valence-electron chi connectivity index (χ1n) is 8.23. The van der Waals surface area contributed by atoms with E-state index in [9.17, 15) is 8.42 Å². The van der Waals surface area contributed by atoms with Crippen LogP contribution in [0.4, 0.5) is 17.2 Å². The van der Waals surface area contributed by atoms with Gasteiger partial charge in [0.25, 0.3) is 10.0 Å². The number of rotatable bonds is 5. The molecule has 2 aromatic carbocycles. The molecule has 0 aliphatic carbocycles. The number of aryl methyl sites for hydroxylation is 3. The van der Waals surface area contributed by atoms with Gasteiger partial charge >= 0.3 is 0 Å². The van der Waals surface area contributed by atoms with Gasteiger partial charge < -0.3 is 5.32 Å². The van der Waals surface area contributed by atoms with Gasteiger partial charge in [-0.3, -0.25) is 4.72 Å². The lowest BCUT2D eigenvalue weighted by Crippen LogP contribution is -2.13. The van der Waals surface area contributed by atoms with Crippen LogP contribution < -0.4 is 10.0 Å². The molecule has 3 rings (SSSR count). The Morgan fingerprint density at radius 3 is 2.00 bits per heavy atom. The molecular formula is C20H21N3O2S. The van der Waals surface area contributed by atoms with Crippen molar-refractivity contribution in [2.24, 2.45) is 0 Å². The quantitative estimate of drug-likeness (QED) is 0.694. The summed E-state index contributed by atoms with van der Waals surface area (Å²) in [6.07, 6.45) is 1.50. The number of nitrogens with one attached hydrogen (secondary N) is 2. The number of benzene rings is 2.